The summed E-state index contributed by atoms with van der Waals surface area (Å²) < 4.78 is 14.5. The standard InChI is InChI=1S/C25H30FN3O4/c26-19-7-5-17(6-8-19)15-28-10-11-29-21(25(28)33)23(31)22(30)20(24(29)32)12-18-2-1-9-27(14-18)13-16-3-4-16/h5-8,16,18,30-31H,1-4,9-15H2. The number of rotatable bonds is 6. The van der Waals surface area contributed by atoms with E-state index in [1.807, 2.05) is 0 Å². The van der Waals surface area contributed by atoms with E-state index in [1.165, 1.54) is 34.4 Å². The number of halogens is 1. The van der Waals surface area contributed by atoms with E-state index in [9.17, 15) is 24.2 Å². The van der Waals surface area contributed by atoms with Crippen molar-refractivity contribution in [3.05, 3.63) is 57.3 Å². The number of aromatic nitrogens is 1. The summed E-state index contributed by atoms with van der Waals surface area (Å²) in [7, 11) is 0. The first-order valence-corrected chi connectivity index (χ1v) is 11.8. The van der Waals surface area contributed by atoms with Crippen LogP contribution < -0.4 is 5.56 Å². The van der Waals surface area contributed by atoms with Crippen molar-refractivity contribution in [3.63, 3.8) is 0 Å². The number of nitrogens with zero attached hydrogens (tertiary/aromatic N) is 3. The topological polar surface area (TPSA) is 86.0 Å². The molecule has 7 nitrogen and oxygen atoms in total. The third kappa shape index (κ3) is 4.49. The smallest absolute Gasteiger partial charge is 0.274 e. The molecule has 8 heteroatoms. The van der Waals surface area contributed by atoms with Crippen LogP contribution in [-0.2, 0) is 19.5 Å². The highest BCUT2D eigenvalue weighted by atomic mass is 19.1. The molecule has 1 amide bonds. The Morgan fingerprint density at radius 3 is 2.42 bits per heavy atom. The van der Waals surface area contributed by atoms with Crippen LogP contribution in [0.15, 0.2) is 29.1 Å². The summed E-state index contributed by atoms with van der Waals surface area (Å²) in [6.45, 7) is 3.84. The van der Waals surface area contributed by atoms with Gasteiger partial charge in [-0.25, -0.2) is 4.39 Å². The van der Waals surface area contributed by atoms with Crippen LogP contribution >= 0.6 is 0 Å². The first-order chi connectivity index (χ1) is 15.9. The molecular weight excluding hydrogens is 425 g/mol. The van der Waals surface area contributed by atoms with Gasteiger partial charge in [-0.05, 0) is 68.2 Å². The molecule has 1 saturated carbocycles. The van der Waals surface area contributed by atoms with Crippen LogP contribution in [0.4, 0.5) is 4.39 Å². The molecule has 1 aliphatic carbocycles. The number of carbonyl (C=O) groups is 1. The zero-order valence-electron chi connectivity index (χ0n) is 18.7. The lowest BCUT2D eigenvalue weighted by Gasteiger charge is -2.33. The van der Waals surface area contributed by atoms with Gasteiger partial charge in [-0.3, -0.25) is 14.2 Å². The second-order valence-electron chi connectivity index (χ2n) is 9.75. The number of hydrogen-bond donors (Lipinski definition) is 2. The average Bonchev–Trinajstić information content (AvgIpc) is 3.62. The highest BCUT2D eigenvalue weighted by Crippen LogP contribution is 2.36. The van der Waals surface area contributed by atoms with Crippen LogP contribution in [0.1, 0.15) is 47.3 Å². The lowest BCUT2D eigenvalue weighted by Crippen LogP contribution is -2.45. The van der Waals surface area contributed by atoms with Gasteiger partial charge in [0, 0.05) is 32.7 Å². The molecule has 1 unspecified atom stereocenters. The predicted molar refractivity (Wildman–Crippen MR) is 121 cm³/mol. The minimum absolute atomic E-state index is 0.173. The van der Waals surface area contributed by atoms with E-state index >= 15 is 0 Å². The van der Waals surface area contributed by atoms with Gasteiger partial charge < -0.3 is 20.0 Å². The molecule has 1 aromatic heterocycles. The van der Waals surface area contributed by atoms with E-state index in [0.717, 1.165) is 44.0 Å². The van der Waals surface area contributed by atoms with Crippen molar-refractivity contribution >= 4 is 5.91 Å². The lowest BCUT2D eigenvalue weighted by atomic mass is 9.90. The Kier molecular flexibility index (Phi) is 5.86. The van der Waals surface area contributed by atoms with Gasteiger partial charge in [-0.2, -0.15) is 0 Å². The summed E-state index contributed by atoms with van der Waals surface area (Å²) in [6, 6.07) is 5.85. The molecule has 0 spiro atoms. The number of carbonyl (C=O) groups excluding carboxylic acids is 1. The maximum Gasteiger partial charge on any atom is 0.274 e. The van der Waals surface area contributed by atoms with E-state index in [0.29, 0.717) is 13.0 Å². The van der Waals surface area contributed by atoms with Gasteiger partial charge in [0.15, 0.2) is 17.2 Å². The van der Waals surface area contributed by atoms with Crippen LogP contribution in [0.5, 0.6) is 11.5 Å². The molecule has 0 radical (unpaired) electrons. The van der Waals surface area contributed by atoms with E-state index in [-0.39, 0.29) is 36.1 Å². The highest BCUT2D eigenvalue weighted by Gasteiger charge is 2.34. The lowest BCUT2D eigenvalue weighted by molar-refractivity contribution is 0.0679. The van der Waals surface area contributed by atoms with E-state index in [2.05, 4.69) is 4.90 Å². The van der Waals surface area contributed by atoms with Gasteiger partial charge in [0.1, 0.15) is 5.82 Å². The fraction of sp³-hybridized carbons (Fsp3) is 0.520. The third-order valence-corrected chi connectivity index (χ3v) is 7.19. The van der Waals surface area contributed by atoms with Crippen molar-refractivity contribution < 1.29 is 19.4 Å². The second kappa shape index (κ2) is 8.82. The normalized spacial score (nSPS) is 21.3. The number of hydrogen-bond acceptors (Lipinski definition) is 5. The third-order valence-electron chi connectivity index (χ3n) is 7.19. The van der Waals surface area contributed by atoms with Gasteiger partial charge >= 0.3 is 0 Å². The quantitative estimate of drug-likeness (QED) is 0.700. The Bertz CT molecular complexity index is 1110. The minimum Gasteiger partial charge on any atom is -0.504 e. The molecule has 1 saturated heterocycles. The van der Waals surface area contributed by atoms with Crippen LogP contribution in [-0.4, -0.2) is 56.7 Å². The Morgan fingerprint density at radius 1 is 0.939 bits per heavy atom. The maximum absolute atomic E-state index is 13.2. The summed E-state index contributed by atoms with van der Waals surface area (Å²) in [5.74, 6) is -0.825. The maximum atomic E-state index is 13.2. The zero-order chi connectivity index (χ0) is 23.1. The van der Waals surface area contributed by atoms with Gasteiger partial charge in [0.2, 0.25) is 0 Å². The number of fused-ring (bicyclic) bond motifs is 1. The molecule has 33 heavy (non-hydrogen) atoms. The summed E-state index contributed by atoms with van der Waals surface area (Å²) in [6.07, 6.45) is 5.04. The van der Waals surface area contributed by atoms with E-state index in [1.54, 1.807) is 12.1 Å². The van der Waals surface area contributed by atoms with Gasteiger partial charge in [-0.15, -0.1) is 0 Å². The van der Waals surface area contributed by atoms with Crippen molar-refractivity contribution in [2.75, 3.05) is 26.2 Å². The van der Waals surface area contributed by atoms with Crippen LogP contribution in [0, 0.1) is 17.7 Å². The largest absolute Gasteiger partial charge is 0.504 e. The number of likely N-dealkylation sites (tertiary alicyclic amines) is 1. The minimum atomic E-state index is -0.524. The van der Waals surface area contributed by atoms with Gasteiger partial charge in [0.05, 0.1) is 5.56 Å². The van der Waals surface area contributed by atoms with E-state index < -0.39 is 23.0 Å². The van der Waals surface area contributed by atoms with Crippen molar-refractivity contribution in [1.29, 1.82) is 0 Å². The van der Waals surface area contributed by atoms with Gasteiger partial charge in [0.25, 0.3) is 11.5 Å². The molecule has 2 N–H and O–H groups in total. The zero-order valence-corrected chi connectivity index (χ0v) is 18.7. The molecule has 0 bridgehead atoms. The molecular formula is C25H30FN3O4. The number of aromatic hydroxyl groups is 2. The fourth-order valence-corrected chi connectivity index (χ4v) is 5.23. The number of piperidine rings is 1. The molecule has 3 heterocycles. The van der Waals surface area contributed by atoms with Crippen LogP contribution in [0.3, 0.4) is 0 Å². The number of amides is 1. The SMILES string of the molecule is O=C1c2c(O)c(O)c(CC3CCCN(CC4CC4)C3)c(=O)n2CCN1Cc1ccc(F)cc1. The second-order valence-corrected chi connectivity index (χ2v) is 9.75. The molecule has 2 fully saturated rings. The summed E-state index contributed by atoms with van der Waals surface area (Å²) in [4.78, 5) is 30.3. The molecule has 2 aromatic rings. The highest BCUT2D eigenvalue weighted by molar-refractivity contribution is 5.96. The Morgan fingerprint density at radius 2 is 1.70 bits per heavy atom. The molecule has 1 atom stereocenters. The molecule has 3 aliphatic rings. The summed E-state index contributed by atoms with van der Waals surface area (Å²) in [5.41, 5.74) is 0.381. The molecule has 176 valence electrons. The predicted octanol–water partition coefficient (Wildman–Crippen LogP) is 2.72. The Balaban J connectivity index is 1.36. The average molecular weight is 456 g/mol. The monoisotopic (exact) mass is 455 g/mol. The van der Waals surface area contributed by atoms with Crippen molar-refractivity contribution in [2.24, 2.45) is 11.8 Å². The van der Waals surface area contributed by atoms with E-state index in [4.69, 9.17) is 0 Å². The number of benzene rings is 1. The summed E-state index contributed by atoms with van der Waals surface area (Å²) >= 11 is 0. The number of pyridine rings is 1. The fourth-order valence-electron chi connectivity index (χ4n) is 5.23. The van der Waals surface area contributed by atoms with Crippen LogP contribution in [0.25, 0.3) is 0 Å². The first kappa shape index (κ1) is 21.9. The first-order valence-electron chi connectivity index (χ1n) is 11.8. The van der Waals surface area contributed by atoms with Crippen molar-refractivity contribution in [1.82, 2.24) is 14.4 Å². The van der Waals surface area contributed by atoms with Crippen molar-refractivity contribution in [2.45, 2.75) is 45.2 Å². The van der Waals surface area contributed by atoms with Gasteiger partial charge in [-0.1, -0.05) is 12.1 Å². The molecule has 5 rings (SSSR count). The molecule has 2 aliphatic heterocycles. The molecule has 1 aromatic carbocycles. The summed E-state index contributed by atoms with van der Waals surface area (Å²) in [5, 5.41) is 21.5. The Labute approximate surface area is 192 Å². The van der Waals surface area contributed by atoms with Crippen molar-refractivity contribution in [3.8, 4) is 11.5 Å². The Hall–Kier alpha value is -2.87. The van der Waals surface area contributed by atoms with Crippen LogP contribution in [0.2, 0.25) is 0 Å².